The van der Waals surface area contributed by atoms with Gasteiger partial charge >= 0.3 is 6.03 Å². The highest BCUT2D eigenvalue weighted by Crippen LogP contribution is 2.30. The van der Waals surface area contributed by atoms with Gasteiger partial charge in [-0.3, -0.25) is 5.10 Å². The van der Waals surface area contributed by atoms with Gasteiger partial charge in [-0.25, -0.2) is 9.78 Å². The van der Waals surface area contributed by atoms with Crippen LogP contribution in [0.5, 0.6) is 0 Å². The van der Waals surface area contributed by atoms with E-state index in [1.54, 1.807) is 0 Å². The first kappa shape index (κ1) is 19.4. The summed E-state index contributed by atoms with van der Waals surface area (Å²) in [7, 11) is 0. The highest BCUT2D eigenvalue weighted by atomic mass is 16.2. The minimum atomic E-state index is -0.184. The Labute approximate surface area is 180 Å². The average Bonchev–Trinajstić information content (AvgIpc) is 3.33. The second-order valence-corrected chi connectivity index (χ2v) is 8.44. The third-order valence-corrected chi connectivity index (χ3v) is 6.02. The third kappa shape index (κ3) is 3.79. The maximum Gasteiger partial charge on any atom is 0.319 e. The monoisotopic (exact) mass is 414 g/mol. The fraction of sp³-hybridized carbons (Fsp3) is 0.292. The number of hydrogen-bond acceptors (Lipinski definition) is 3. The summed E-state index contributed by atoms with van der Waals surface area (Å²) in [5.74, 6) is 1.38. The van der Waals surface area contributed by atoms with Crippen LogP contribution in [0.25, 0.3) is 22.3 Å². The second kappa shape index (κ2) is 7.58. The zero-order chi connectivity index (χ0) is 21.5. The number of aromatic nitrogens is 4. The standard InChI is InChI=1S/C24H26N6O/c1-13-4-8-20-18(10-13)19-12-17(7-9-21(19)27-20)26-24(31)28-22-11-16(6-5-14(22)2)23-25-15(3)29-30-23/h4-6,8,10-11,17,27H,7,9,12H2,1-3H3,(H,25,29,30)(H2,26,28,31). The molecule has 0 fully saturated rings. The first-order valence-electron chi connectivity index (χ1n) is 10.6. The molecule has 0 radical (unpaired) electrons. The van der Waals surface area contributed by atoms with E-state index in [9.17, 15) is 4.79 Å². The van der Waals surface area contributed by atoms with Crippen LogP contribution < -0.4 is 10.6 Å². The van der Waals surface area contributed by atoms with Crippen molar-refractivity contribution in [3.8, 4) is 11.4 Å². The number of carbonyl (C=O) groups excluding carboxylic acids is 1. The van der Waals surface area contributed by atoms with Crippen LogP contribution in [0.4, 0.5) is 10.5 Å². The van der Waals surface area contributed by atoms with Crippen molar-refractivity contribution in [2.75, 3.05) is 5.32 Å². The van der Waals surface area contributed by atoms with E-state index >= 15 is 0 Å². The molecular formula is C24H26N6O. The maximum atomic E-state index is 12.8. The van der Waals surface area contributed by atoms with Gasteiger partial charge in [-0.05, 0) is 69.4 Å². The van der Waals surface area contributed by atoms with E-state index in [0.717, 1.165) is 41.9 Å². The molecule has 0 spiro atoms. The topological polar surface area (TPSA) is 98.5 Å². The van der Waals surface area contributed by atoms with Gasteiger partial charge in [-0.1, -0.05) is 23.8 Å². The summed E-state index contributed by atoms with van der Waals surface area (Å²) in [4.78, 5) is 20.7. The molecule has 5 rings (SSSR count). The summed E-state index contributed by atoms with van der Waals surface area (Å²) in [6, 6.07) is 12.3. The molecule has 4 aromatic rings. The largest absolute Gasteiger partial charge is 0.358 e. The van der Waals surface area contributed by atoms with Crippen molar-refractivity contribution < 1.29 is 4.79 Å². The summed E-state index contributed by atoms with van der Waals surface area (Å²) < 4.78 is 0. The molecule has 0 saturated heterocycles. The number of nitrogens with one attached hydrogen (secondary N) is 4. The van der Waals surface area contributed by atoms with E-state index in [0.29, 0.717) is 5.82 Å². The Bertz CT molecular complexity index is 1280. The number of urea groups is 1. The van der Waals surface area contributed by atoms with Crippen molar-refractivity contribution in [1.82, 2.24) is 25.5 Å². The molecule has 1 aliphatic rings. The predicted octanol–water partition coefficient (Wildman–Crippen LogP) is 4.56. The van der Waals surface area contributed by atoms with Gasteiger partial charge in [0, 0.05) is 33.9 Å². The van der Waals surface area contributed by atoms with E-state index in [2.05, 4.69) is 55.9 Å². The summed E-state index contributed by atoms with van der Waals surface area (Å²) in [6.07, 6.45) is 2.69. The quantitative estimate of drug-likeness (QED) is 0.396. The summed E-state index contributed by atoms with van der Waals surface area (Å²) in [5.41, 5.74) is 7.66. The zero-order valence-corrected chi connectivity index (χ0v) is 18.0. The molecular weight excluding hydrogens is 388 g/mol. The molecule has 2 aromatic carbocycles. The van der Waals surface area contributed by atoms with Crippen molar-refractivity contribution >= 4 is 22.6 Å². The molecule has 0 saturated carbocycles. The summed E-state index contributed by atoms with van der Waals surface area (Å²) in [5, 5.41) is 14.5. The van der Waals surface area contributed by atoms with Crippen molar-refractivity contribution in [2.45, 2.75) is 46.1 Å². The van der Waals surface area contributed by atoms with Gasteiger partial charge < -0.3 is 15.6 Å². The lowest BCUT2D eigenvalue weighted by molar-refractivity contribution is 0.247. The van der Waals surface area contributed by atoms with Crippen LogP contribution in [0.3, 0.4) is 0 Å². The number of rotatable bonds is 3. The van der Waals surface area contributed by atoms with Crippen molar-refractivity contribution in [3.05, 3.63) is 64.6 Å². The Kier molecular flexibility index (Phi) is 4.73. The lowest BCUT2D eigenvalue weighted by Crippen LogP contribution is -2.41. The summed E-state index contributed by atoms with van der Waals surface area (Å²) in [6.45, 7) is 5.95. The highest BCUT2D eigenvalue weighted by Gasteiger charge is 2.24. The number of H-pyrrole nitrogens is 2. The number of nitrogens with zero attached hydrogens (tertiary/aromatic N) is 2. The van der Waals surface area contributed by atoms with Crippen LogP contribution in [0, 0.1) is 20.8 Å². The lowest BCUT2D eigenvalue weighted by atomic mass is 9.91. The predicted molar refractivity (Wildman–Crippen MR) is 122 cm³/mol. The zero-order valence-electron chi connectivity index (χ0n) is 18.0. The van der Waals surface area contributed by atoms with E-state index in [1.165, 1.54) is 27.7 Å². The molecule has 0 bridgehead atoms. The number of carbonyl (C=O) groups is 1. The van der Waals surface area contributed by atoms with E-state index < -0.39 is 0 Å². The minimum Gasteiger partial charge on any atom is -0.358 e. The minimum absolute atomic E-state index is 0.103. The molecule has 0 aliphatic heterocycles. The molecule has 1 aliphatic carbocycles. The lowest BCUT2D eigenvalue weighted by Gasteiger charge is -2.24. The van der Waals surface area contributed by atoms with Crippen LogP contribution in [0.1, 0.15) is 34.6 Å². The molecule has 7 heteroatoms. The van der Waals surface area contributed by atoms with E-state index in [-0.39, 0.29) is 12.1 Å². The van der Waals surface area contributed by atoms with Crippen LogP contribution >= 0.6 is 0 Å². The number of hydrogen-bond donors (Lipinski definition) is 4. The normalized spacial score (nSPS) is 15.6. The first-order valence-corrected chi connectivity index (χ1v) is 10.6. The molecule has 1 unspecified atom stereocenters. The molecule has 2 heterocycles. The molecule has 7 nitrogen and oxygen atoms in total. The summed E-state index contributed by atoms with van der Waals surface area (Å²) >= 11 is 0. The molecule has 2 aromatic heterocycles. The van der Waals surface area contributed by atoms with Gasteiger partial charge in [0.1, 0.15) is 5.82 Å². The highest BCUT2D eigenvalue weighted by molar-refractivity contribution is 5.91. The van der Waals surface area contributed by atoms with Crippen LogP contribution in [0.2, 0.25) is 0 Å². The van der Waals surface area contributed by atoms with Gasteiger partial charge in [0.05, 0.1) is 0 Å². The van der Waals surface area contributed by atoms with E-state index in [1.807, 2.05) is 32.0 Å². The van der Waals surface area contributed by atoms with Gasteiger partial charge in [0.15, 0.2) is 5.82 Å². The van der Waals surface area contributed by atoms with Crippen LogP contribution in [-0.4, -0.2) is 32.2 Å². The molecule has 31 heavy (non-hydrogen) atoms. The Morgan fingerprint density at radius 1 is 1.13 bits per heavy atom. The van der Waals surface area contributed by atoms with Gasteiger partial charge in [-0.15, -0.1) is 0 Å². The SMILES string of the molecule is Cc1ccc2[nH]c3c(c2c1)CC(NC(=O)Nc1cc(-c2n[nH]c(C)n2)ccc1C)CC3. The van der Waals surface area contributed by atoms with Crippen molar-refractivity contribution in [1.29, 1.82) is 0 Å². The Hall–Kier alpha value is -3.61. The van der Waals surface area contributed by atoms with Crippen molar-refractivity contribution in [2.24, 2.45) is 0 Å². The van der Waals surface area contributed by atoms with E-state index in [4.69, 9.17) is 0 Å². The number of fused-ring (bicyclic) bond motifs is 3. The molecule has 1 atom stereocenters. The van der Waals surface area contributed by atoms with Gasteiger partial charge in [0.25, 0.3) is 0 Å². The maximum absolute atomic E-state index is 12.8. The average molecular weight is 415 g/mol. The van der Waals surface area contributed by atoms with Gasteiger partial charge in [-0.2, -0.15) is 5.10 Å². The Balaban J connectivity index is 1.30. The second-order valence-electron chi connectivity index (χ2n) is 8.44. The molecule has 4 N–H and O–H groups in total. The smallest absolute Gasteiger partial charge is 0.319 e. The molecule has 2 amide bonds. The number of aromatic amines is 2. The fourth-order valence-corrected chi connectivity index (χ4v) is 4.37. The first-order chi connectivity index (χ1) is 15.0. The number of benzene rings is 2. The Morgan fingerprint density at radius 3 is 2.81 bits per heavy atom. The third-order valence-electron chi connectivity index (χ3n) is 6.02. The number of anilines is 1. The fourth-order valence-electron chi connectivity index (χ4n) is 4.37. The molecule has 158 valence electrons. The van der Waals surface area contributed by atoms with Crippen LogP contribution in [-0.2, 0) is 12.8 Å². The van der Waals surface area contributed by atoms with Gasteiger partial charge in [0.2, 0.25) is 0 Å². The van der Waals surface area contributed by atoms with Crippen LogP contribution in [0.15, 0.2) is 36.4 Å². The van der Waals surface area contributed by atoms with Crippen molar-refractivity contribution in [3.63, 3.8) is 0 Å². The number of amides is 2. The Morgan fingerprint density at radius 2 is 2.00 bits per heavy atom. The number of aryl methyl sites for hydroxylation is 4.